The Kier molecular flexibility index (Phi) is 9.34. The summed E-state index contributed by atoms with van der Waals surface area (Å²) in [5.74, 6) is 0.826. The largest absolute Gasteiger partial charge is 0.496 e. The molecule has 9 heteroatoms. The number of hydrogen-bond donors (Lipinski definition) is 1. The Morgan fingerprint density at radius 1 is 0.925 bits per heavy atom. The zero-order valence-electron chi connectivity index (χ0n) is 22.5. The lowest BCUT2D eigenvalue weighted by molar-refractivity contribution is -0.123. The second-order valence-corrected chi connectivity index (χ2v) is 11.6. The summed E-state index contributed by atoms with van der Waals surface area (Å²) in [5.41, 5.74) is 3.06. The number of para-hydroxylation sites is 1. The van der Waals surface area contributed by atoms with Gasteiger partial charge in [-0.2, -0.15) is 0 Å². The van der Waals surface area contributed by atoms with Gasteiger partial charge in [-0.15, -0.1) is 0 Å². The number of carbonyl (C=O) groups is 1. The number of sulfonamides is 1. The zero-order chi connectivity index (χ0) is 28.7. The van der Waals surface area contributed by atoms with Crippen molar-refractivity contribution in [1.82, 2.24) is 5.32 Å². The number of anilines is 1. The average molecular weight is 579 g/mol. The second-order valence-electron chi connectivity index (χ2n) is 9.26. The first-order chi connectivity index (χ1) is 19.2. The minimum Gasteiger partial charge on any atom is -0.496 e. The summed E-state index contributed by atoms with van der Waals surface area (Å²) in [6, 6.07) is 27.6. The van der Waals surface area contributed by atoms with E-state index in [0.29, 0.717) is 22.2 Å². The van der Waals surface area contributed by atoms with E-state index in [2.05, 4.69) is 5.32 Å². The van der Waals surface area contributed by atoms with Crippen molar-refractivity contribution in [3.8, 4) is 11.5 Å². The van der Waals surface area contributed by atoms with Gasteiger partial charge in [0, 0.05) is 10.6 Å². The number of hydrogen-bond acceptors (Lipinski definition) is 5. The van der Waals surface area contributed by atoms with Crippen LogP contribution in [0.2, 0.25) is 5.02 Å². The average Bonchev–Trinajstić information content (AvgIpc) is 2.96. The van der Waals surface area contributed by atoms with Gasteiger partial charge in [0.15, 0.2) is 6.61 Å². The molecule has 0 saturated heterocycles. The second kappa shape index (κ2) is 12.9. The summed E-state index contributed by atoms with van der Waals surface area (Å²) < 4.78 is 39.8. The Morgan fingerprint density at radius 3 is 2.23 bits per heavy atom. The Bertz CT molecular complexity index is 1540. The predicted molar refractivity (Wildman–Crippen MR) is 157 cm³/mol. The fraction of sp³-hybridized carbons (Fsp3) is 0.194. The highest BCUT2D eigenvalue weighted by molar-refractivity contribution is 7.92. The summed E-state index contributed by atoms with van der Waals surface area (Å²) in [5, 5.41) is 3.47. The van der Waals surface area contributed by atoms with Gasteiger partial charge < -0.3 is 14.8 Å². The third kappa shape index (κ3) is 7.14. The van der Waals surface area contributed by atoms with E-state index in [1.165, 1.54) is 4.31 Å². The first kappa shape index (κ1) is 29.0. The molecule has 208 valence electrons. The van der Waals surface area contributed by atoms with E-state index in [4.69, 9.17) is 21.1 Å². The van der Waals surface area contributed by atoms with Crippen molar-refractivity contribution in [3.63, 3.8) is 0 Å². The summed E-state index contributed by atoms with van der Waals surface area (Å²) in [4.78, 5) is 12.7. The molecular formula is C31H31ClN2O5S. The lowest BCUT2D eigenvalue weighted by atomic mass is 10.1. The number of halogens is 1. The van der Waals surface area contributed by atoms with Crippen LogP contribution in [-0.4, -0.2) is 28.0 Å². The van der Waals surface area contributed by atoms with Crippen LogP contribution in [-0.2, 0) is 21.4 Å². The van der Waals surface area contributed by atoms with Crippen molar-refractivity contribution in [2.75, 3.05) is 18.0 Å². The molecule has 0 aliphatic heterocycles. The molecule has 0 radical (unpaired) electrons. The molecule has 0 saturated carbocycles. The summed E-state index contributed by atoms with van der Waals surface area (Å²) in [6.07, 6.45) is 0. The van der Waals surface area contributed by atoms with Gasteiger partial charge in [0.25, 0.3) is 15.9 Å². The smallest absolute Gasteiger partial charge is 0.264 e. The maximum absolute atomic E-state index is 13.7. The molecule has 4 aromatic carbocycles. The minimum absolute atomic E-state index is 0.108. The highest BCUT2D eigenvalue weighted by atomic mass is 35.5. The van der Waals surface area contributed by atoms with E-state index in [1.54, 1.807) is 79.9 Å². The van der Waals surface area contributed by atoms with Gasteiger partial charge in [-0.25, -0.2) is 8.42 Å². The predicted octanol–water partition coefficient (Wildman–Crippen LogP) is 6.31. The van der Waals surface area contributed by atoms with Crippen LogP contribution in [0.15, 0.2) is 102 Å². The molecule has 40 heavy (non-hydrogen) atoms. The van der Waals surface area contributed by atoms with Crippen molar-refractivity contribution >= 4 is 33.2 Å². The molecule has 7 nitrogen and oxygen atoms in total. The zero-order valence-corrected chi connectivity index (χ0v) is 24.1. The third-order valence-corrected chi connectivity index (χ3v) is 8.37. The number of methoxy groups -OCH3 is 1. The van der Waals surface area contributed by atoms with Crippen LogP contribution in [0.1, 0.15) is 29.7 Å². The molecule has 0 heterocycles. The monoisotopic (exact) mass is 578 g/mol. The number of nitrogens with zero attached hydrogens (tertiary/aromatic N) is 1. The van der Waals surface area contributed by atoms with Crippen LogP contribution >= 0.6 is 11.6 Å². The maximum atomic E-state index is 13.7. The Morgan fingerprint density at radius 2 is 1.57 bits per heavy atom. The lowest BCUT2D eigenvalue weighted by Crippen LogP contribution is -2.31. The van der Waals surface area contributed by atoms with Crippen LogP contribution in [0.5, 0.6) is 11.5 Å². The van der Waals surface area contributed by atoms with Crippen LogP contribution in [0, 0.1) is 6.92 Å². The Balaban J connectivity index is 1.48. The van der Waals surface area contributed by atoms with Crippen LogP contribution in [0.3, 0.4) is 0 Å². The maximum Gasteiger partial charge on any atom is 0.264 e. The van der Waals surface area contributed by atoms with Gasteiger partial charge in [-0.3, -0.25) is 9.10 Å². The highest BCUT2D eigenvalue weighted by Gasteiger charge is 2.25. The number of ether oxygens (including phenoxy) is 2. The first-order valence-electron chi connectivity index (χ1n) is 12.7. The van der Waals surface area contributed by atoms with Crippen LogP contribution < -0.4 is 19.1 Å². The normalized spacial score (nSPS) is 11.9. The van der Waals surface area contributed by atoms with Crippen molar-refractivity contribution in [2.45, 2.75) is 31.3 Å². The van der Waals surface area contributed by atoms with Gasteiger partial charge in [0.1, 0.15) is 11.5 Å². The van der Waals surface area contributed by atoms with E-state index in [9.17, 15) is 13.2 Å². The van der Waals surface area contributed by atoms with E-state index >= 15 is 0 Å². The number of nitrogens with one attached hydrogen (secondary N) is 1. The molecule has 0 aliphatic rings. The number of aryl methyl sites for hydroxylation is 1. The molecule has 0 unspecified atom stereocenters. The van der Waals surface area contributed by atoms with Crippen LogP contribution in [0.25, 0.3) is 0 Å². The number of amides is 1. The minimum atomic E-state index is -3.88. The fourth-order valence-corrected chi connectivity index (χ4v) is 5.73. The lowest BCUT2D eigenvalue weighted by Gasteiger charge is -2.25. The molecule has 1 atom stereocenters. The summed E-state index contributed by atoms with van der Waals surface area (Å²) in [6.45, 7) is 3.68. The summed E-state index contributed by atoms with van der Waals surface area (Å²) >= 11 is 6.03. The number of benzene rings is 4. The third-order valence-electron chi connectivity index (χ3n) is 6.33. The van der Waals surface area contributed by atoms with Gasteiger partial charge in [-0.1, -0.05) is 59.6 Å². The Labute approximate surface area is 240 Å². The molecule has 1 amide bonds. The quantitative estimate of drug-likeness (QED) is 0.225. The highest BCUT2D eigenvalue weighted by Crippen LogP contribution is 2.29. The van der Waals surface area contributed by atoms with Gasteiger partial charge in [-0.05, 0) is 74.0 Å². The van der Waals surface area contributed by atoms with E-state index in [1.807, 2.05) is 38.1 Å². The van der Waals surface area contributed by atoms with Gasteiger partial charge in [0.05, 0.1) is 30.3 Å². The molecule has 4 aromatic rings. The number of rotatable bonds is 11. The first-order valence-corrected chi connectivity index (χ1v) is 14.5. The van der Waals surface area contributed by atoms with Crippen molar-refractivity contribution in [2.24, 2.45) is 0 Å². The number of carbonyl (C=O) groups excluding carboxylic acids is 1. The molecule has 0 aromatic heterocycles. The fourth-order valence-electron chi connectivity index (χ4n) is 4.15. The molecule has 0 fully saturated rings. The molecule has 0 bridgehead atoms. The molecule has 0 aliphatic carbocycles. The van der Waals surface area contributed by atoms with E-state index in [-0.39, 0.29) is 30.0 Å². The van der Waals surface area contributed by atoms with Crippen molar-refractivity contribution < 1.29 is 22.7 Å². The topological polar surface area (TPSA) is 84.9 Å². The van der Waals surface area contributed by atoms with Crippen molar-refractivity contribution in [1.29, 1.82) is 0 Å². The van der Waals surface area contributed by atoms with Crippen molar-refractivity contribution in [3.05, 3.63) is 119 Å². The standard InChI is InChI=1S/C31H31ClN2O5S/c1-22-8-18-28(19-9-22)40(36,37)34(20-24-10-12-25(32)13-11-24)26-14-16-27(17-15-26)39-21-31(35)33-23(2)29-6-4-5-7-30(29)38-3/h4-19,23H,20-21H2,1-3H3,(H,33,35)/t23-/m1/s1. The summed E-state index contributed by atoms with van der Waals surface area (Å²) in [7, 11) is -2.29. The SMILES string of the molecule is COc1ccccc1[C@@H](C)NC(=O)COc1ccc(N(Cc2ccc(Cl)cc2)S(=O)(=O)c2ccc(C)cc2)cc1. The van der Waals surface area contributed by atoms with Gasteiger partial charge in [0.2, 0.25) is 0 Å². The molecular weight excluding hydrogens is 548 g/mol. The Hall–Kier alpha value is -4.01. The molecule has 0 spiro atoms. The van der Waals surface area contributed by atoms with Gasteiger partial charge >= 0.3 is 0 Å². The van der Waals surface area contributed by atoms with E-state index < -0.39 is 10.0 Å². The molecule has 4 rings (SSSR count). The van der Waals surface area contributed by atoms with Crippen LogP contribution in [0.4, 0.5) is 5.69 Å². The molecule has 1 N–H and O–H groups in total. The van der Waals surface area contributed by atoms with E-state index in [0.717, 1.165) is 16.7 Å².